The molecule has 0 radical (unpaired) electrons. The average molecular weight is 318 g/mol. The Morgan fingerprint density at radius 2 is 1.87 bits per heavy atom. The van der Waals surface area contributed by atoms with Gasteiger partial charge in [-0.2, -0.15) is 5.10 Å². The van der Waals surface area contributed by atoms with Crippen LogP contribution in [0.2, 0.25) is 0 Å². The van der Waals surface area contributed by atoms with Crippen LogP contribution in [-0.2, 0) is 7.05 Å². The number of aliphatic hydroxyl groups is 1. The van der Waals surface area contributed by atoms with Crippen molar-refractivity contribution in [3.8, 4) is 5.82 Å². The normalized spacial score (nSPS) is 11.8. The van der Waals surface area contributed by atoms with Gasteiger partial charge in [-0.15, -0.1) is 0 Å². The number of rotatable bonds is 5. The van der Waals surface area contributed by atoms with Crippen molar-refractivity contribution in [2.45, 2.75) is 40.2 Å². The Morgan fingerprint density at radius 3 is 2.35 bits per heavy atom. The molecule has 0 saturated carbocycles. The van der Waals surface area contributed by atoms with Crippen LogP contribution in [0, 0.1) is 13.8 Å². The first-order valence-electron chi connectivity index (χ1n) is 7.84. The SMILES string of the molecule is CCN(CC(C)(C)O)C(=O)c1cnn(C)c1-n1c(C)ccc1C. The first kappa shape index (κ1) is 17.3. The van der Waals surface area contributed by atoms with E-state index in [-0.39, 0.29) is 12.5 Å². The minimum absolute atomic E-state index is 0.120. The monoisotopic (exact) mass is 318 g/mol. The molecule has 0 spiro atoms. The zero-order valence-corrected chi connectivity index (χ0v) is 14.8. The van der Waals surface area contributed by atoms with E-state index in [4.69, 9.17) is 0 Å². The highest BCUT2D eigenvalue weighted by molar-refractivity contribution is 5.97. The lowest BCUT2D eigenvalue weighted by Gasteiger charge is -2.28. The van der Waals surface area contributed by atoms with Gasteiger partial charge in [0.1, 0.15) is 11.4 Å². The lowest BCUT2D eigenvalue weighted by Crippen LogP contribution is -2.42. The van der Waals surface area contributed by atoms with Gasteiger partial charge in [0.25, 0.3) is 5.91 Å². The first-order chi connectivity index (χ1) is 10.7. The van der Waals surface area contributed by atoms with E-state index in [0.29, 0.717) is 12.1 Å². The molecule has 2 rings (SSSR count). The van der Waals surface area contributed by atoms with E-state index < -0.39 is 5.60 Å². The molecule has 0 saturated heterocycles. The third-order valence-electron chi connectivity index (χ3n) is 3.87. The zero-order valence-electron chi connectivity index (χ0n) is 14.8. The van der Waals surface area contributed by atoms with E-state index in [9.17, 15) is 9.90 Å². The van der Waals surface area contributed by atoms with E-state index in [1.54, 1.807) is 29.6 Å². The van der Waals surface area contributed by atoms with Crippen LogP contribution in [0.4, 0.5) is 0 Å². The lowest BCUT2D eigenvalue weighted by molar-refractivity contribution is 0.0314. The number of aromatic nitrogens is 3. The van der Waals surface area contributed by atoms with Crippen molar-refractivity contribution in [2.24, 2.45) is 7.05 Å². The molecule has 2 heterocycles. The number of nitrogens with zero attached hydrogens (tertiary/aromatic N) is 4. The summed E-state index contributed by atoms with van der Waals surface area (Å²) in [6.07, 6.45) is 1.60. The van der Waals surface area contributed by atoms with Gasteiger partial charge in [0, 0.05) is 31.5 Å². The Kier molecular flexibility index (Phi) is 4.66. The van der Waals surface area contributed by atoms with Crippen molar-refractivity contribution in [2.75, 3.05) is 13.1 Å². The molecule has 6 nitrogen and oxygen atoms in total. The lowest BCUT2D eigenvalue weighted by atomic mass is 10.1. The van der Waals surface area contributed by atoms with Crippen LogP contribution in [0.3, 0.4) is 0 Å². The molecule has 126 valence electrons. The van der Waals surface area contributed by atoms with Crippen LogP contribution in [0.1, 0.15) is 42.5 Å². The quantitative estimate of drug-likeness (QED) is 0.918. The summed E-state index contributed by atoms with van der Waals surface area (Å²) in [5.41, 5.74) is 1.70. The third-order valence-corrected chi connectivity index (χ3v) is 3.87. The second-order valence-electron chi connectivity index (χ2n) is 6.59. The van der Waals surface area contributed by atoms with E-state index >= 15 is 0 Å². The van der Waals surface area contributed by atoms with Gasteiger partial charge in [0.2, 0.25) is 0 Å². The van der Waals surface area contributed by atoms with E-state index in [1.807, 2.05) is 44.5 Å². The zero-order chi connectivity index (χ0) is 17.4. The topological polar surface area (TPSA) is 63.3 Å². The van der Waals surface area contributed by atoms with E-state index in [0.717, 1.165) is 17.2 Å². The molecule has 0 bridgehead atoms. The molecular formula is C17H26N4O2. The molecule has 2 aromatic rings. The molecule has 0 fully saturated rings. The van der Waals surface area contributed by atoms with Gasteiger partial charge in [-0.05, 0) is 46.8 Å². The highest BCUT2D eigenvalue weighted by atomic mass is 16.3. The fourth-order valence-corrected chi connectivity index (χ4v) is 2.81. The summed E-state index contributed by atoms with van der Waals surface area (Å²) >= 11 is 0. The van der Waals surface area contributed by atoms with Crippen molar-refractivity contribution < 1.29 is 9.90 Å². The first-order valence-corrected chi connectivity index (χ1v) is 7.84. The Labute approximate surface area is 137 Å². The number of hydrogen-bond donors (Lipinski definition) is 1. The minimum Gasteiger partial charge on any atom is -0.389 e. The molecule has 1 N–H and O–H groups in total. The second-order valence-corrected chi connectivity index (χ2v) is 6.59. The molecular weight excluding hydrogens is 292 g/mol. The van der Waals surface area contributed by atoms with Crippen molar-refractivity contribution in [1.29, 1.82) is 0 Å². The second kappa shape index (κ2) is 6.20. The van der Waals surface area contributed by atoms with Crippen molar-refractivity contribution >= 4 is 5.91 Å². The summed E-state index contributed by atoms with van der Waals surface area (Å²) in [5.74, 6) is 0.634. The summed E-state index contributed by atoms with van der Waals surface area (Å²) < 4.78 is 3.74. The van der Waals surface area contributed by atoms with E-state index in [2.05, 4.69) is 5.10 Å². The number of likely N-dealkylation sites (N-methyl/N-ethyl adjacent to an activating group) is 1. The average Bonchev–Trinajstić information content (AvgIpc) is 2.97. The van der Waals surface area contributed by atoms with Crippen LogP contribution in [0.5, 0.6) is 0 Å². The molecule has 6 heteroatoms. The van der Waals surface area contributed by atoms with Crippen molar-refractivity contribution in [3.63, 3.8) is 0 Å². The largest absolute Gasteiger partial charge is 0.389 e. The van der Waals surface area contributed by atoms with Gasteiger partial charge < -0.3 is 14.6 Å². The van der Waals surface area contributed by atoms with Crippen molar-refractivity contribution in [1.82, 2.24) is 19.2 Å². The standard InChI is InChI=1S/C17H26N4O2/c1-7-20(11-17(4,5)23)16(22)14-10-18-19(6)15(14)21-12(2)8-9-13(21)3/h8-10,23H,7,11H2,1-6H3. The van der Waals surface area contributed by atoms with Crippen LogP contribution in [0.25, 0.3) is 5.82 Å². The molecule has 2 aromatic heterocycles. The molecule has 0 atom stereocenters. The van der Waals surface area contributed by atoms with Gasteiger partial charge in [-0.3, -0.25) is 9.48 Å². The Hall–Kier alpha value is -2.08. The predicted octanol–water partition coefficient (Wildman–Crippen LogP) is 2.06. The Bertz CT molecular complexity index is 687. The van der Waals surface area contributed by atoms with Crippen LogP contribution in [-0.4, -0.2) is 49.0 Å². The highest BCUT2D eigenvalue weighted by Gasteiger charge is 2.27. The minimum atomic E-state index is -0.937. The number of amides is 1. The van der Waals surface area contributed by atoms with Gasteiger partial charge >= 0.3 is 0 Å². The fraction of sp³-hybridized carbons (Fsp3) is 0.529. The van der Waals surface area contributed by atoms with Crippen LogP contribution in [0.15, 0.2) is 18.3 Å². The number of aryl methyl sites for hydroxylation is 3. The smallest absolute Gasteiger partial charge is 0.259 e. The third kappa shape index (κ3) is 3.47. The molecule has 0 unspecified atom stereocenters. The van der Waals surface area contributed by atoms with Crippen LogP contribution >= 0.6 is 0 Å². The molecule has 0 aromatic carbocycles. The Morgan fingerprint density at radius 1 is 1.30 bits per heavy atom. The van der Waals surface area contributed by atoms with Gasteiger partial charge in [0.15, 0.2) is 0 Å². The fourth-order valence-electron chi connectivity index (χ4n) is 2.81. The summed E-state index contributed by atoms with van der Waals surface area (Å²) in [4.78, 5) is 14.6. The molecule has 0 aliphatic rings. The summed E-state index contributed by atoms with van der Waals surface area (Å²) in [5, 5.41) is 14.3. The number of carbonyl (C=O) groups is 1. The summed E-state index contributed by atoms with van der Waals surface area (Å²) in [6, 6.07) is 4.04. The molecule has 23 heavy (non-hydrogen) atoms. The maximum atomic E-state index is 13.0. The summed E-state index contributed by atoms with van der Waals surface area (Å²) in [6.45, 7) is 10.1. The molecule has 1 amide bonds. The molecule has 0 aliphatic heterocycles. The van der Waals surface area contributed by atoms with Gasteiger partial charge in [0.05, 0.1) is 11.8 Å². The van der Waals surface area contributed by atoms with Crippen molar-refractivity contribution in [3.05, 3.63) is 35.3 Å². The maximum absolute atomic E-state index is 13.0. The summed E-state index contributed by atoms with van der Waals surface area (Å²) in [7, 11) is 1.83. The van der Waals surface area contributed by atoms with Crippen LogP contribution < -0.4 is 0 Å². The van der Waals surface area contributed by atoms with E-state index in [1.165, 1.54) is 0 Å². The highest BCUT2D eigenvalue weighted by Crippen LogP contribution is 2.21. The molecule has 0 aliphatic carbocycles. The Balaban J connectivity index is 2.47. The number of hydrogen-bond acceptors (Lipinski definition) is 3. The van der Waals surface area contributed by atoms with Gasteiger partial charge in [-0.1, -0.05) is 0 Å². The maximum Gasteiger partial charge on any atom is 0.259 e. The number of carbonyl (C=O) groups excluding carboxylic acids is 1. The van der Waals surface area contributed by atoms with Gasteiger partial charge in [-0.25, -0.2) is 0 Å². The predicted molar refractivity (Wildman–Crippen MR) is 89.9 cm³/mol.